The molecule has 4 nitrogen and oxygen atoms in total. The van der Waals surface area contributed by atoms with Crippen LogP contribution < -0.4 is 0 Å². The second kappa shape index (κ2) is 4.23. The summed E-state index contributed by atoms with van der Waals surface area (Å²) in [5, 5.41) is 15.5. The Labute approximate surface area is 105 Å². The van der Waals surface area contributed by atoms with Crippen LogP contribution in [0.5, 0.6) is 0 Å². The Morgan fingerprint density at radius 3 is 2.89 bits per heavy atom. The lowest BCUT2D eigenvalue weighted by Crippen LogP contribution is -2.01. The van der Waals surface area contributed by atoms with Crippen LogP contribution in [-0.2, 0) is 7.05 Å². The highest BCUT2D eigenvalue weighted by atomic mass is 16.3. The molecule has 0 bridgehead atoms. The maximum atomic E-state index is 10.3. The van der Waals surface area contributed by atoms with Gasteiger partial charge in [0, 0.05) is 24.8 Å². The molecule has 2 aromatic heterocycles. The number of fused-ring (bicyclic) bond motifs is 1. The molecule has 3 aromatic rings. The first-order valence-electron chi connectivity index (χ1n) is 5.76. The highest BCUT2D eigenvalue weighted by molar-refractivity contribution is 5.79. The number of pyridine rings is 1. The average molecular weight is 239 g/mol. The molecule has 1 aromatic carbocycles. The average Bonchev–Trinajstić information content (AvgIpc) is 2.84. The van der Waals surface area contributed by atoms with Crippen molar-refractivity contribution in [1.82, 2.24) is 14.8 Å². The van der Waals surface area contributed by atoms with E-state index in [0.29, 0.717) is 5.69 Å². The largest absolute Gasteiger partial charge is 0.382 e. The van der Waals surface area contributed by atoms with E-state index in [2.05, 4.69) is 10.1 Å². The standard InChI is InChI=1S/C14H13N3O/c1-17-8-6-13(16-17)14(18)11-4-5-12-10(9-11)3-2-7-15-12/h2-9,14,18H,1H3. The number of hydrogen-bond acceptors (Lipinski definition) is 3. The Kier molecular flexibility index (Phi) is 2.57. The molecule has 0 aliphatic rings. The third-order valence-electron chi connectivity index (χ3n) is 2.96. The Balaban J connectivity index is 2.03. The summed E-state index contributed by atoms with van der Waals surface area (Å²) in [4.78, 5) is 4.26. The molecule has 1 N–H and O–H groups in total. The minimum absolute atomic E-state index is 0.653. The Morgan fingerprint density at radius 1 is 1.22 bits per heavy atom. The molecule has 0 amide bonds. The van der Waals surface area contributed by atoms with Gasteiger partial charge in [-0.3, -0.25) is 9.67 Å². The summed E-state index contributed by atoms with van der Waals surface area (Å²) < 4.78 is 1.68. The monoisotopic (exact) mass is 239 g/mol. The van der Waals surface area contributed by atoms with Crippen molar-refractivity contribution in [3.8, 4) is 0 Å². The first-order valence-corrected chi connectivity index (χ1v) is 5.76. The van der Waals surface area contributed by atoms with E-state index in [1.807, 2.05) is 49.6 Å². The second-order valence-corrected chi connectivity index (χ2v) is 4.27. The summed E-state index contributed by atoms with van der Waals surface area (Å²) in [5.41, 5.74) is 2.41. The van der Waals surface area contributed by atoms with E-state index in [1.165, 1.54) is 0 Å². The van der Waals surface area contributed by atoms with E-state index in [-0.39, 0.29) is 0 Å². The van der Waals surface area contributed by atoms with Crippen molar-refractivity contribution in [2.45, 2.75) is 6.10 Å². The molecule has 0 radical (unpaired) electrons. The summed E-state index contributed by atoms with van der Waals surface area (Å²) in [5.74, 6) is 0. The number of rotatable bonds is 2. The molecule has 0 aliphatic heterocycles. The van der Waals surface area contributed by atoms with Crippen molar-refractivity contribution in [2.24, 2.45) is 7.05 Å². The van der Waals surface area contributed by atoms with Crippen LogP contribution in [0.15, 0.2) is 48.8 Å². The Bertz CT molecular complexity index is 690. The van der Waals surface area contributed by atoms with Crippen molar-refractivity contribution in [1.29, 1.82) is 0 Å². The van der Waals surface area contributed by atoms with E-state index < -0.39 is 6.10 Å². The molecular weight excluding hydrogens is 226 g/mol. The third kappa shape index (κ3) is 1.87. The van der Waals surface area contributed by atoms with E-state index in [1.54, 1.807) is 10.9 Å². The maximum absolute atomic E-state index is 10.3. The van der Waals surface area contributed by atoms with E-state index in [9.17, 15) is 5.11 Å². The molecule has 3 rings (SSSR count). The molecule has 0 saturated heterocycles. The quantitative estimate of drug-likeness (QED) is 0.744. The minimum atomic E-state index is -0.698. The van der Waals surface area contributed by atoms with Crippen LogP contribution in [0.4, 0.5) is 0 Å². The van der Waals surface area contributed by atoms with Gasteiger partial charge in [-0.25, -0.2) is 0 Å². The van der Waals surface area contributed by atoms with Crippen molar-refractivity contribution in [3.63, 3.8) is 0 Å². The van der Waals surface area contributed by atoms with Gasteiger partial charge < -0.3 is 5.11 Å². The summed E-state index contributed by atoms with van der Waals surface area (Å²) >= 11 is 0. The molecule has 0 fully saturated rings. The highest BCUT2D eigenvalue weighted by Crippen LogP contribution is 2.23. The van der Waals surface area contributed by atoms with E-state index in [0.717, 1.165) is 16.5 Å². The molecule has 0 saturated carbocycles. The van der Waals surface area contributed by atoms with Gasteiger partial charge in [0.2, 0.25) is 0 Å². The van der Waals surface area contributed by atoms with Gasteiger partial charge in [-0.2, -0.15) is 5.10 Å². The van der Waals surface area contributed by atoms with Gasteiger partial charge in [0.1, 0.15) is 6.10 Å². The highest BCUT2D eigenvalue weighted by Gasteiger charge is 2.13. The van der Waals surface area contributed by atoms with Gasteiger partial charge in [0.05, 0.1) is 11.2 Å². The zero-order valence-electron chi connectivity index (χ0n) is 9.99. The minimum Gasteiger partial charge on any atom is -0.382 e. The predicted octanol–water partition coefficient (Wildman–Crippen LogP) is 2.05. The fraction of sp³-hybridized carbons (Fsp3) is 0.143. The third-order valence-corrected chi connectivity index (χ3v) is 2.96. The first-order chi connectivity index (χ1) is 8.74. The topological polar surface area (TPSA) is 50.9 Å². The van der Waals surface area contributed by atoms with Gasteiger partial charge in [-0.1, -0.05) is 12.1 Å². The van der Waals surface area contributed by atoms with Crippen LogP contribution in [-0.4, -0.2) is 19.9 Å². The molecular formula is C14H13N3O. The molecule has 90 valence electrons. The van der Waals surface area contributed by atoms with E-state index >= 15 is 0 Å². The van der Waals surface area contributed by atoms with Crippen molar-refractivity contribution < 1.29 is 5.11 Å². The summed E-state index contributed by atoms with van der Waals surface area (Å²) in [6.45, 7) is 0. The summed E-state index contributed by atoms with van der Waals surface area (Å²) in [6, 6.07) is 11.4. The van der Waals surface area contributed by atoms with Gasteiger partial charge in [0.15, 0.2) is 0 Å². The number of aliphatic hydroxyl groups excluding tert-OH is 1. The van der Waals surface area contributed by atoms with Crippen molar-refractivity contribution in [3.05, 3.63) is 60.0 Å². The molecule has 1 unspecified atom stereocenters. The second-order valence-electron chi connectivity index (χ2n) is 4.27. The van der Waals surface area contributed by atoms with Crippen molar-refractivity contribution >= 4 is 10.9 Å². The van der Waals surface area contributed by atoms with Gasteiger partial charge in [-0.05, 0) is 29.8 Å². The fourth-order valence-electron chi connectivity index (χ4n) is 2.01. The maximum Gasteiger partial charge on any atom is 0.123 e. The lowest BCUT2D eigenvalue weighted by molar-refractivity contribution is 0.214. The summed E-state index contributed by atoms with van der Waals surface area (Å²) in [7, 11) is 1.83. The Morgan fingerprint density at radius 2 is 2.11 bits per heavy atom. The zero-order chi connectivity index (χ0) is 12.5. The zero-order valence-corrected chi connectivity index (χ0v) is 9.99. The van der Waals surface area contributed by atoms with Crippen LogP contribution in [0.1, 0.15) is 17.4 Å². The van der Waals surface area contributed by atoms with Gasteiger partial charge in [0.25, 0.3) is 0 Å². The molecule has 0 spiro atoms. The number of benzene rings is 1. The van der Waals surface area contributed by atoms with Crippen LogP contribution in [0.25, 0.3) is 10.9 Å². The Hall–Kier alpha value is -2.20. The first kappa shape index (κ1) is 10.9. The van der Waals surface area contributed by atoms with Gasteiger partial charge in [-0.15, -0.1) is 0 Å². The number of aryl methyl sites for hydroxylation is 1. The van der Waals surface area contributed by atoms with Gasteiger partial charge >= 0.3 is 0 Å². The number of aliphatic hydroxyl groups is 1. The molecule has 18 heavy (non-hydrogen) atoms. The molecule has 4 heteroatoms. The number of aromatic nitrogens is 3. The SMILES string of the molecule is Cn1ccc(C(O)c2ccc3ncccc3c2)n1. The predicted molar refractivity (Wildman–Crippen MR) is 69.0 cm³/mol. The van der Waals surface area contributed by atoms with Crippen LogP contribution >= 0.6 is 0 Å². The lowest BCUT2D eigenvalue weighted by Gasteiger charge is -2.09. The lowest BCUT2D eigenvalue weighted by atomic mass is 10.0. The number of hydrogen-bond donors (Lipinski definition) is 1. The fourth-order valence-corrected chi connectivity index (χ4v) is 2.01. The molecule has 0 aliphatic carbocycles. The normalized spacial score (nSPS) is 12.8. The van der Waals surface area contributed by atoms with Crippen LogP contribution in [0.2, 0.25) is 0 Å². The summed E-state index contributed by atoms with van der Waals surface area (Å²) in [6.07, 6.45) is 2.88. The molecule has 2 heterocycles. The molecule has 1 atom stereocenters. The van der Waals surface area contributed by atoms with Crippen LogP contribution in [0.3, 0.4) is 0 Å². The van der Waals surface area contributed by atoms with Crippen LogP contribution in [0, 0.1) is 0 Å². The smallest absolute Gasteiger partial charge is 0.123 e. The van der Waals surface area contributed by atoms with Crippen molar-refractivity contribution in [2.75, 3.05) is 0 Å². The number of nitrogens with zero attached hydrogens (tertiary/aromatic N) is 3. The van der Waals surface area contributed by atoms with E-state index in [4.69, 9.17) is 0 Å².